The third-order valence-corrected chi connectivity index (χ3v) is 4.05. The summed E-state index contributed by atoms with van der Waals surface area (Å²) in [5.41, 5.74) is 0. The van der Waals surface area contributed by atoms with Crippen molar-refractivity contribution in [3.05, 3.63) is 6.33 Å². The van der Waals surface area contributed by atoms with E-state index in [0.717, 1.165) is 29.5 Å². The van der Waals surface area contributed by atoms with Crippen LogP contribution in [0, 0.1) is 0 Å². The first-order valence-electron chi connectivity index (χ1n) is 4.23. The van der Waals surface area contributed by atoms with E-state index in [1.165, 1.54) is 11.5 Å². The molecule has 0 unspecified atom stereocenters. The van der Waals surface area contributed by atoms with E-state index in [1.54, 1.807) is 6.33 Å². The molecule has 1 aliphatic rings. The summed E-state index contributed by atoms with van der Waals surface area (Å²) in [6.45, 7) is 0. The highest BCUT2D eigenvalue weighted by molar-refractivity contribution is 7.85. The van der Waals surface area contributed by atoms with Crippen LogP contribution in [-0.4, -0.2) is 31.1 Å². The first kappa shape index (κ1) is 9.08. The second-order valence-electron chi connectivity index (χ2n) is 3.01. The Bertz CT molecular complexity index is 278. The van der Waals surface area contributed by atoms with Crippen molar-refractivity contribution in [3.63, 3.8) is 0 Å². The van der Waals surface area contributed by atoms with Gasteiger partial charge in [-0.05, 0) is 12.8 Å². The number of aromatic nitrogens is 2. The fraction of sp³-hybridized carbons (Fsp3) is 0.714. The fourth-order valence-corrected chi connectivity index (χ4v) is 3.16. The Morgan fingerprint density at radius 2 is 2.31 bits per heavy atom. The van der Waals surface area contributed by atoms with Crippen LogP contribution in [0.15, 0.2) is 6.33 Å². The molecule has 0 radical (unpaired) electrons. The molecule has 0 aliphatic carbocycles. The summed E-state index contributed by atoms with van der Waals surface area (Å²) in [6, 6.07) is 0.436. The molecule has 2 rings (SSSR count). The molecule has 0 bridgehead atoms. The third kappa shape index (κ3) is 2.47. The lowest BCUT2D eigenvalue weighted by atomic mass is 10.2. The number of hydrogen-bond donors (Lipinski definition) is 1. The molecular formula is C7H11N3OS2. The zero-order valence-electron chi connectivity index (χ0n) is 7.10. The van der Waals surface area contributed by atoms with Gasteiger partial charge in [0, 0.05) is 39.9 Å². The molecule has 1 fully saturated rings. The predicted molar refractivity (Wildman–Crippen MR) is 54.4 cm³/mol. The van der Waals surface area contributed by atoms with Gasteiger partial charge in [0.25, 0.3) is 0 Å². The highest BCUT2D eigenvalue weighted by atomic mass is 32.2. The number of nitrogens with zero attached hydrogens (tertiary/aromatic N) is 2. The molecule has 1 saturated heterocycles. The van der Waals surface area contributed by atoms with Gasteiger partial charge in [0.1, 0.15) is 6.33 Å². The van der Waals surface area contributed by atoms with Gasteiger partial charge in [0.15, 0.2) is 0 Å². The molecule has 1 aromatic heterocycles. The fourth-order valence-electron chi connectivity index (χ4n) is 1.35. The molecule has 1 N–H and O–H groups in total. The smallest absolute Gasteiger partial charge is 0.202 e. The van der Waals surface area contributed by atoms with Crippen molar-refractivity contribution in [2.75, 3.05) is 16.8 Å². The summed E-state index contributed by atoms with van der Waals surface area (Å²) in [7, 11) is -0.582. The molecular weight excluding hydrogens is 206 g/mol. The van der Waals surface area contributed by atoms with Gasteiger partial charge in [-0.3, -0.25) is 4.21 Å². The number of nitrogens with one attached hydrogen (secondary N) is 1. The minimum absolute atomic E-state index is 0.436. The Hall–Kier alpha value is -0.490. The molecule has 2 heterocycles. The van der Waals surface area contributed by atoms with Gasteiger partial charge in [-0.2, -0.15) is 4.37 Å². The average Bonchev–Trinajstić information content (AvgIpc) is 2.62. The monoisotopic (exact) mass is 217 g/mol. The van der Waals surface area contributed by atoms with Crippen molar-refractivity contribution >= 4 is 27.5 Å². The van der Waals surface area contributed by atoms with Gasteiger partial charge in [-0.25, -0.2) is 4.98 Å². The van der Waals surface area contributed by atoms with Crippen LogP contribution in [0.1, 0.15) is 12.8 Å². The van der Waals surface area contributed by atoms with Crippen LogP contribution in [0.3, 0.4) is 0 Å². The van der Waals surface area contributed by atoms with E-state index in [-0.39, 0.29) is 0 Å². The van der Waals surface area contributed by atoms with E-state index in [9.17, 15) is 4.21 Å². The molecule has 0 saturated carbocycles. The molecule has 6 heteroatoms. The zero-order valence-corrected chi connectivity index (χ0v) is 8.74. The lowest BCUT2D eigenvalue weighted by Crippen LogP contribution is -2.29. The molecule has 13 heavy (non-hydrogen) atoms. The predicted octanol–water partition coefficient (Wildman–Crippen LogP) is 0.861. The lowest BCUT2D eigenvalue weighted by Gasteiger charge is -2.21. The Balaban J connectivity index is 1.86. The summed E-state index contributed by atoms with van der Waals surface area (Å²) in [4.78, 5) is 4.05. The van der Waals surface area contributed by atoms with E-state index in [4.69, 9.17) is 0 Å². The quantitative estimate of drug-likeness (QED) is 0.798. The second kappa shape index (κ2) is 4.15. The normalized spacial score (nSPS) is 28.6. The largest absolute Gasteiger partial charge is 0.357 e. The molecule has 0 amide bonds. The van der Waals surface area contributed by atoms with Crippen LogP contribution in [0.5, 0.6) is 0 Å². The second-order valence-corrected chi connectivity index (χ2v) is 5.49. The van der Waals surface area contributed by atoms with Crippen LogP contribution in [-0.2, 0) is 10.8 Å². The first-order chi connectivity index (χ1) is 6.34. The van der Waals surface area contributed by atoms with E-state index < -0.39 is 10.8 Å². The summed E-state index contributed by atoms with van der Waals surface area (Å²) in [6.07, 6.45) is 3.51. The van der Waals surface area contributed by atoms with E-state index in [1.807, 2.05) is 0 Å². The van der Waals surface area contributed by atoms with E-state index in [2.05, 4.69) is 14.7 Å². The SMILES string of the molecule is O=S1CCC(Nc2ncns2)CC1. The number of hydrogen-bond acceptors (Lipinski definition) is 5. The van der Waals surface area contributed by atoms with Crippen LogP contribution < -0.4 is 5.32 Å². The van der Waals surface area contributed by atoms with Crippen molar-refractivity contribution < 1.29 is 4.21 Å². The first-order valence-corrected chi connectivity index (χ1v) is 6.49. The molecule has 0 atom stereocenters. The van der Waals surface area contributed by atoms with Crippen molar-refractivity contribution in [2.45, 2.75) is 18.9 Å². The molecule has 72 valence electrons. The van der Waals surface area contributed by atoms with Crippen LogP contribution in [0.2, 0.25) is 0 Å². The zero-order chi connectivity index (χ0) is 9.10. The summed E-state index contributed by atoms with van der Waals surface area (Å²) in [5, 5.41) is 4.16. The lowest BCUT2D eigenvalue weighted by molar-refractivity contribution is 0.624. The van der Waals surface area contributed by atoms with Gasteiger partial charge in [0.2, 0.25) is 5.13 Å². The highest BCUT2D eigenvalue weighted by Crippen LogP contribution is 2.16. The van der Waals surface area contributed by atoms with E-state index in [0.29, 0.717) is 6.04 Å². The third-order valence-electron chi connectivity index (χ3n) is 2.08. The molecule has 0 spiro atoms. The van der Waals surface area contributed by atoms with Gasteiger partial charge in [-0.15, -0.1) is 0 Å². The topological polar surface area (TPSA) is 54.9 Å². The van der Waals surface area contributed by atoms with Crippen LogP contribution in [0.25, 0.3) is 0 Å². The standard InChI is InChI=1S/C7H11N3OS2/c11-13-3-1-6(2-4-13)10-7-8-5-9-12-7/h5-6H,1-4H2,(H,8,9,10). The maximum absolute atomic E-state index is 11.1. The minimum atomic E-state index is -0.582. The highest BCUT2D eigenvalue weighted by Gasteiger charge is 2.17. The van der Waals surface area contributed by atoms with Crippen molar-refractivity contribution in [2.24, 2.45) is 0 Å². The van der Waals surface area contributed by atoms with Crippen LogP contribution in [0.4, 0.5) is 5.13 Å². The van der Waals surface area contributed by atoms with Gasteiger partial charge in [-0.1, -0.05) is 0 Å². The summed E-state index contributed by atoms with van der Waals surface area (Å²) >= 11 is 1.37. The number of rotatable bonds is 2. The van der Waals surface area contributed by atoms with Gasteiger partial charge < -0.3 is 5.32 Å². The molecule has 1 aromatic rings. The van der Waals surface area contributed by atoms with Crippen molar-refractivity contribution in [1.29, 1.82) is 0 Å². The maximum atomic E-state index is 11.1. The Morgan fingerprint density at radius 3 is 2.92 bits per heavy atom. The van der Waals surface area contributed by atoms with Gasteiger partial charge in [0.05, 0.1) is 0 Å². The maximum Gasteiger partial charge on any atom is 0.202 e. The number of anilines is 1. The van der Waals surface area contributed by atoms with Crippen molar-refractivity contribution in [1.82, 2.24) is 9.36 Å². The molecule has 0 aromatic carbocycles. The van der Waals surface area contributed by atoms with Crippen molar-refractivity contribution in [3.8, 4) is 0 Å². The van der Waals surface area contributed by atoms with E-state index >= 15 is 0 Å². The van der Waals surface area contributed by atoms with Crippen LogP contribution >= 0.6 is 11.5 Å². The summed E-state index contributed by atoms with van der Waals surface area (Å²) in [5.74, 6) is 1.63. The Kier molecular flexibility index (Phi) is 2.90. The summed E-state index contributed by atoms with van der Waals surface area (Å²) < 4.78 is 15.0. The molecule has 4 nitrogen and oxygen atoms in total. The molecule has 1 aliphatic heterocycles. The average molecular weight is 217 g/mol. The Morgan fingerprint density at radius 1 is 1.54 bits per heavy atom. The minimum Gasteiger partial charge on any atom is -0.357 e. The van der Waals surface area contributed by atoms with Gasteiger partial charge >= 0.3 is 0 Å². The Labute approximate surface area is 83.4 Å².